The van der Waals surface area contributed by atoms with Gasteiger partial charge in [-0.25, -0.2) is 4.98 Å². The number of aromatic nitrogens is 1. The number of hydrogen-bond acceptors (Lipinski definition) is 4. The molecule has 146 valence electrons. The van der Waals surface area contributed by atoms with Gasteiger partial charge in [-0.2, -0.15) is 0 Å². The number of aryl methyl sites for hydroxylation is 2. The van der Waals surface area contributed by atoms with Crippen LogP contribution in [0.4, 0.5) is 0 Å². The van der Waals surface area contributed by atoms with Crippen LogP contribution >= 0.6 is 11.3 Å². The topological polar surface area (TPSA) is 42.4 Å². The van der Waals surface area contributed by atoms with Gasteiger partial charge in [-0.15, -0.1) is 11.3 Å². The molecular weight excluding hydrogens is 368 g/mol. The van der Waals surface area contributed by atoms with Gasteiger partial charge in [-0.05, 0) is 69.0 Å². The maximum Gasteiger partial charge on any atom is 0.263 e. The number of hydrogen-bond donors (Lipinski definition) is 0. The maximum atomic E-state index is 12.8. The predicted molar refractivity (Wildman–Crippen MR) is 114 cm³/mol. The number of rotatable bonds is 4. The van der Waals surface area contributed by atoms with Crippen molar-refractivity contribution in [1.29, 1.82) is 0 Å². The predicted octanol–water partition coefficient (Wildman–Crippen LogP) is 5.09. The molecule has 1 amide bonds. The average Bonchev–Trinajstić information content (AvgIpc) is 3.14. The highest BCUT2D eigenvalue weighted by atomic mass is 32.1. The van der Waals surface area contributed by atoms with E-state index in [0.717, 1.165) is 37.2 Å². The minimum absolute atomic E-state index is 0.0703. The number of piperidine rings is 1. The van der Waals surface area contributed by atoms with E-state index in [1.807, 2.05) is 36.1 Å². The molecule has 4 rings (SSSR count). The Morgan fingerprint density at radius 2 is 1.89 bits per heavy atom. The van der Waals surface area contributed by atoms with Gasteiger partial charge in [0.15, 0.2) is 6.10 Å². The molecule has 4 nitrogen and oxygen atoms in total. The molecule has 1 atom stereocenters. The maximum absolute atomic E-state index is 12.8. The van der Waals surface area contributed by atoms with Crippen LogP contribution in [0.15, 0.2) is 42.5 Å². The molecule has 1 aliphatic heterocycles. The second-order valence-electron chi connectivity index (χ2n) is 7.63. The third-order valence-electron chi connectivity index (χ3n) is 5.61. The zero-order valence-electron chi connectivity index (χ0n) is 16.6. The molecule has 1 aliphatic rings. The van der Waals surface area contributed by atoms with Crippen LogP contribution < -0.4 is 4.74 Å². The average molecular weight is 395 g/mol. The lowest BCUT2D eigenvalue weighted by atomic mass is 9.97. The fourth-order valence-electron chi connectivity index (χ4n) is 3.71. The van der Waals surface area contributed by atoms with E-state index in [4.69, 9.17) is 9.72 Å². The number of benzene rings is 2. The van der Waals surface area contributed by atoms with E-state index in [0.29, 0.717) is 5.92 Å². The number of fused-ring (bicyclic) bond motifs is 1. The fraction of sp³-hybridized carbons (Fsp3) is 0.391. The summed E-state index contributed by atoms with van der Waals surface area (Å²) >= 11 is 1.78. The van der Waals surface area contributed by atoms with Crippen LogP contribution in [-0.4, -0.2) is 35.0 Å². The zero-order valence-corrected chi connectivity index (χ0v) is 17.5. The number of nitrogens with zero attached hydrogens (tertiary/aromatic N) is 2. The van der Waals surface area contributed by atoms with Crippen molar-refractivity contribution in [3.05, 3.63) is 58.6 Å². The minimum atomic E-state index is -0.471. The summed E-state index contributed by atoms with van der Waals surface area (Å²) in [5.41, 5.74) is 3.48. The molecule has 0 aliphatic carbocycles. The molecule has 1 saturated heterocycles. The largest absolute Gasteiger partial charge is 0.481 e. The van der Waals surface area contributed by atoms with Gasteiger partial charge in [-0.1, -0.05) is 18.2 Å². The Hall–Kier alpha value is -2.40. The van der Waals surface area contributed by atoms with Crippen molar-refractivity contribution in [3.63, 3.8) is 0 Å². The molecule has 1 unspecified atom stereocenters. The number of carbonyl (C=O) groups is 1. The third-order valence-corrected chi connectivity index (χ3v) is 6.80. The molecule has 3 aromatic rings. The molecule has 2 aromatic carbocycles. The van der Waals surface area contributed by atoms with Gasteiger partial charge < -0.3 is 9.64 Å². The number of ether oxygens (including phenoxy) is 1. The lowest BCUT2D eigenvalue weighted by molar-refractivity contribution is -0.139. The van der Waals surface area contributed by atoms with Crippen LogP contribution in [0.2, 0.25) is 0 Å². The number of thiazole rings is 1. The fourth-order valence-corrected chi connectivity index (χ4v) is 4.85. The third kappa shape index (κ3) is 3.90. The van der Waals surface area contributed by atoms with Gasteiger partial charge in [0.25, 0.3) is 5.91 Å². The van der Waals surface area contributed by atoms with Crippen molar-refractivity contribution in [2.45, 2.75) is 45.6 Å². The summed E-state index contributed by atoms with van der Waals surface area (Å²) in [6.07, 6.45) is 1.45. The molecule has 28 heavy (non-hydrogen) atoms. The van der Waals surface area contributed by atoms with Crippen LogP contribution in [-0.2, 0) is 4.79 Å². The Kier molecular flexibility index (Phi) is 5.36. The summed E-state index contributed by atoms with van der Waals surface area (Å²) in [5, 5.41) is 1.20. The van der Waals surface area contributed by atoms with Crippen molar-refractivity contribution >= 4 is 27.5 Å². The Labute approximate surface area is 170 Å². The summed E-state index contributed by atoms with van der Waals surface area (Å²) in [4.78, 5) is 19.6. The molecule has 0 N–H and O–H groups in total. The molecule has 0 saturated carbocycles. The van der Waals surface area contributed by atoms with E-state index in [2.05, 4.69) is 32.0 Å². The van der Waals surface area contributed by atoms with Gasteiger partial charge in [0.2, 0.25) is 0 Å². The van der Waals surface area contributed by atoms with Crippen molar-refractivity contribution < 1.29 is 9.53 Å². The molecule has 2 heterocycles. The summed E-state index contributed by atoms with van der Waals surface area (Å²) in [6.45, 7) is 7.50. The standard InChI is InChI=1S/C23H26N2O2S/c1-15-8-9-19(14-16(15)2)27-17(3)23(26)25-12-10-18(11-13-25)22-24-20-6-4-5-7-21(20)28-22/h4-9,14,17-18H,10-13H2,1-3H3. The minimum Gasteiger partial charge on any atom is -0.481 e. The van der Waals surface area contributed by atoms with Gasteiger partial charge >= 0.3 is 0 Å². The first kappa shape index (κ1) is 18.9. The van der Waals surface area contributed by atoms with Crippen LogP contribution in [0, 0.1) is 13.8 Å². The zero-order chi connectivity index (χ0) is 19.7. The summed E-state index contributed by atoms with van der Waals surface area (Å²) < 4.78 is 7.16. The number of para-hydroxylation sites is 1. The van der Waals surface area contributed by atoms with Crippen molar-refractivity contribution in [2.24, 2.45) is 0 Å². The second-order valence-corrected chi connectivity index (χ2v) is 8.69. The lowest BCUT2D eigenvalue weighted by Gasteiger charge is -2.32. The van der Waals surface area contributed by atoms with Crippen LogP contribution in [0.3, 0.4) is 0 Å². The van der Waals surface area contributed by atoms with Crippen LogP contribution in [0.25, 0.3) is 10.2 Å². The first-order chi connectivity index (χ1) is 13.5. The van der Waals surface area contributed by atoms with Crippen LogP contribution in [0.1, 0.15) is 41.8 Å². The molecule has 5 heteroatoms. The van der Waals surface area contributed by atoms with Crippen molar-refractivity contribution in [2.75, 3.05) is 13.1 Å². The number of carbonyl (C=O) groups excluding carboxylic acids is 1. The first-order valence-corrected chi connectivity index (χ1v) is 10.7. The Bertz CT molecular complexity index is 956. The highest BCUT2D eigenvalue weighted by molar-refractivity contribution is 7.18. The van der Waals surface area contributed by atoms with E-state index >= 15 is 0 Å². The van der Waals surface area contributed by atoms with Gasteiger partial charge in [-0.3, -0.25) is 4.79 Å². The van der Waals surface area contributed by atoms with E-state index < -0.39 is 6.10 Å². The van der Waals surface area contributed by atoms with Gasteiger partial charge in [0, 0.05) is 19.0 Å². The van der Waals surface area contributed by atoms with Crippen LogP contribution in [0.5, 0.6) is 5.75 Å². The molecule has 1 fully saturated rings. The van der Waals surface area contributed by atoms with E-state index in [-0.39, 0.29) is 5.91 Å². The normalized spacial score (nSPS) is 16.3. The molecule has 0 bridgehead atoms. The van der Waals surface area contributed by atoms with E-state index in [9.17, 15) is 4.79 Å². The second kappa shape index (κ2) is 7.92. The monoisotopic (exact) mass is 394 g/mol. The molecule has 0 spiro atoms. The molecular formula is C23H26N2O2S. The molecule has 1 aromatic heterocycles. The molecule has 0 radical (unpaired) electrons. The van der Waals surface area contributed by atoms with E-state index in [1.165, 1.54) is 20.8 Å². The first-order valence-electron chi connectivity index (χ1n) is 9.89. The summed E-state index contributed by atoms with van der Waals surface area (Å²) in [7, 11) is 0. The van der Waals surface area contributed by atoms with Gasteiger partial charge in [0.1, 0.15) is 5.75 Å². The number of amides is 1. The smallest absolute Gasteiger partial charge is 0.263 e. The van der Waals surface area contributed by atoms with Gasteiger partial charge in [0.05, 0.1) is 15.2 Å². The Balaban J connectivity index is 1.35. The highest BCUT2D eigenvalue weighted by Crippen LogP contribution is 2.34. The lowest BCUT2D eigenvalue weighted by Crippen LogP contribution is -2.44. The number of likely N-dealkylation sites (tertiary alicyclic amines) is 1. The van der Waals surface area contributed by atoms with E-state index in [1.54, 1.807) is 11.3 Å². The Morgan fingerprint density at radius 3 is 2.61 bits per heavy atom. The van der Waals surface area contributed by atoms with Crippen molar-refractivity contribution in [1.82, 2.24) is 9.88 Å². The SMILES string of the molecule is Cc1ccc(OC(C)C(=O)N2CCC(c3nc4ccccc4s3)CC2)cc1C. The highest BCUT2D eigenvalue weighted by Gasteiger charge is 2.29. The Morgan fingerprint density at radius 1 is 1.14 bits per heavy atom. The summed E-state index contributed by atoms with van der Waals surface area (Å²) in [6, 6.07) is 14.3. The summed E-state index contributed by atoms with van der Waals surface area (Å²) in [5.74, 6) is 1.27. The van der Waals surface area contributed by atoms with Crippen molar-refractivity contribution in [3.8, 4) is 5.75 Å². The quantitative estimate of drug-likeness (QED) is 0.619.